The number of nitrogens with one attached hydrogen (secondary N) is 2. The van der Waals surface area contributed by atoms with Crippen molar-refractivity contribution in [3.05, 3.63) is 77.5 Å². The van der Waals surface area contributed by atoms with E-state index in [9.17, 15) is 4.39 Å². The molecule has 7 nitrogen and oxygen atoms in total. The van der Waals surface area contributed by atoms with Gasteiger partial charge in [0.05, 0.1) is 18.0 Å². The maximum atomic E-state index is 14.6. The number of nitrogens with two attached hydrogens (primary N) is 1. The summed E-state index contributed by atoms with van der Waals surface area (Å²) in [6, 6.07) is 6.88. The Kier molecular flexibility index (Phi) is 5.68. The number of allylic oxidation sites excluding steroid dienone is 1. The van der Waals surface area contributed by atoms with Gasteiger partial charge in [-0.3, -0.25) is 4.98 Å². The van der Waals surface area contributed by atoms with Crippen molar-refractivity contribution in [2.24, 2.45) is 5.73 Å². The Morgan fingerprint density at radius 1 is 1.19 bits per heavy atom. The molecule has 0 spiro atoms. The highest BCUT2D eigenvalue weighted by Crippen LogP contribution is 2.30. The molecule has 0 aliphatic rings. The van der Waals surface area contributed by atoms with Gasteiger partial charge in [-0.05, 0) is 50.1 Å². The lowest BCUT2D eigenvalue weighted by Crippen LogP contribution is -2.10. The average molecular weight is 430 g/mol. The van der Waals surface area contributed by atoms with E-state index in [1.807, 2.05) is 26.0 Å². The van der Waals surface area contributed by atoms with E-state index >= 15 is 0 Å². The quantitative estimate of drug-likeness (QED) is 0.364. The molecule has 0 aliphatic carbocycles. The van der Waals surface area contributed by atoms with Crippen molar-refractivity contribution >= 4 is 28.6 Å². The molecule has 1 unspecified atom stereocenters. The number of benzene rings is 1. The van der Waals surface area contributed by atoms with Crippen molar-refractivity contribution in [3.8, 4) is 11.3 Å². The number of furan rings is 1. The largest absolute Gasteiger partial charge is 0.461 e. The third-order valence-corrected chi connectivity index (χ3v) is 5.25. The first-order valence-electron chi connectivity index (χ1n) is 10.1. The van der Waals surface area contributed by atoms with Crippen molar-refractivity contribution in [1.29, 1.82) is 5.41 Å². The molecule has 8 heteroatoms. The zero-order valence-electron chi connectivity index (χ0n) is 18.0. The number of hydrogen-bond donors (Lipinski definition) is 3. The van der Waals surface area contributed by atoms with Crippen LogP contribution in [0.3, 0.4) is 0 Å². The fraction of sp³-hybridized carbons (Fsp3) is 0.167. The van der Waals surface area contributed by atoms with E-state index in [0.717, 1.165) is 22.1 Å². The van der Waals surface area contributed by atoms with Gasteiger partial charge >= 0.3 is 0 Å². The number of nitrogens with zero attached hydrogens (tertiary/aromatic N) is 3. The fourth-order valence-corrected chi connectivity index (χ4v) is 3.54. The molecule has 0 bridgehead atoms. The summed E-state index contributed by atoms with van der Waals surface area (Å²) < 4.78 is 19.9. The normalized spacial score (nSPS) is 12.7. The van der Waals surface area contributed by atoms with E-state index in [1.165, 1.54) is 18.5 Å². The van der Waals surface area contributed by atoms with Gasteiger partial charge in [-0.1, -0.05) is 0 Å². The summed E-state index contributed by atoms with van der Waals surface area (Å²) in [5, 5.41) is 11.6. The maximum Gasteiger partial charge on any atom is 0.169 e. The maximum absolute atomic E-state index is 14.6. The summed E-state index contributed by atoms with van der Waals surface area (Å²) in [6.45, 7) is 5.65. The van der Waals surface area contributed by atoms with Crippen LogP contribution in [0.4, 0.5) is 10.2 Å². The number of aromatic nitrogens is 3. The molecule has 4 N–H and O–H groups in total. The van der Waals surface area contributed by atoms with Crippen LogP contribution in [0, 0.1) is 25.1 Å². The third kappa shape index (κ3) is 4.07. The van der Waals surface area contributed by atoms with E-state index in [-0.39, 0.29) is 11.6 Å². The first-order valence-corrected chi connectivity index (χ1v) is 10.1. The van der Waals surface area contributed by atoms with Crippen molar-refractivity contribution < 1.29 is 8.81 Å². The second-order valence-corrected chi connectivity index (χ2v) is 7.58. The Morgan fingerprint density at radius 2 is 2.00 bits per heavy atom. The van der Waals surface area contributed by atoms with Gasteiger partial charge in [0.15, 0.2) is 11.4 Å². The van der Waals surface area contributed by atoms with E-state index in [0.29, 0.717) is 28.5 Å². The molecule has 0 radical (unpaired) electrons. The van der Waals surface area contributed by atoms with E-state index < -0.39 is 5.82 Å². The Labute approximate surface area is 184 Å². The highest BCUT2D eigenvalue weighted by molar-refractivity contribution is 6.08. The molecule has 3 aromatic heterocycles. The minimum atomic E-state index is -0.428. The van der Waals surface area contributed by atoms with Gasteiger partial charge in [-0.25, -0.2) is 14.4 Å². The van der Waals surface area contributed by atoms with E-state index in [2.05, 4.69) is 20.3 Å². The van der Waals surface area contributed by atoms with Crippen LogP contribution < -0.4 is 11.1 Å². The summed E-state index contributed by atoms with van der Waals surface area (Å²) in [6.07, 6.45) is 7.53. The van der Waals surface area contributed by atoms with Gasteiger partial charge in [-0.15, -0.1) is 0 Å². The van der Waals surface area contributed by atoms with Crippen LogP contribution in [0.2, 0.25) is 0 Å². The van der Waals surface area contributed by atoms with Crippen molar-refractivity contribution in [2.45, 2.75) is 26.8 Å². The minimum Gasteiger partial charge on any atom is -0.461 e. The monoisotopic (exact) mass is 430 g/mol. The number of hydrogen-bond acceptors (Lipinski definition) is 7. The summed E-state index contributed by atoms with van der Waals surface area (Å²) in [5.74, 6) is 0.740. The lowest BCUT2D eigenvalue weighted by atomic mass is 10.0. The summed E-state index contributed by atoms with van der Waals surface area (Å²) >= 11 is 0. The third-order valence-electron chi connectivity index (χ3n) is 5.25. The molecule has 0 amide bonds. The molecule has 1 atom stereocenters. The van der Waals surface area contributed by atoms with Crippen LogP contribution in [0.15, 0.2) is 53.5 Å². The standard InChI is InChI=1S/C24H23FN6O/c1-13-12-32-24-20(13)5-16(6-21(24)25)22-7-23(31-15(3)30-22)29-14(2)17-4-18(11-28-10-17)19(8-26)9-27/h4-12,14,26H,27H2,1-3H3,(H,29,30,31)/b19-9+,26-8?. The lowest BCUT2D eigenvalue weighted by Gasteiger charge is -2.16. The molecule has 162 valence electrons. The van der Waals surface area contributed by atoms with Gasteiger partial charge in [0.1, 0.15) is 11.6 Å². The smallest absolute Gasteiger partial charge is 0.169 e. The summed E-state index contributed by atoms with van der Waals surface area (Å²) in [5.41, 5.74) is 10.2. The highest BCUT2D eigenvalue weighted by Gasteiger charge is 2.14. The molecule has 0 fully saturated rings. The topological polar surface area (TPSA) is 114 Å². The van der Waals surface area contributed by atoms with Crippen LogP contribution in [0.5, 0.6) is 0 Å². The highest BCUT2D eigenvalue weighted by atomic mass is 19.1. The van der Waals surface area contributed by atoms with Crippen LogP contribution in [-0.2, 0) is 0 Å². The Bertz CT molecular complexity index is 1340. The minimum absolute atomic E-state index is 0.135. The SMILES string of the molecule is Cc1nc(NC(C)c2cncc(/C(C=N)=C/N)c2)cc(-c2cc(F)c3occ(C)c3c2)n1. The second kappa shape index (κ2) is 8.58. The van der Waals surface area contributed by atoms with Gasteiger partial charge in [0, 0.05) is 53.0 Å². The van der Waals surface area contributed by atoms with Crippen molar-refractivity contribution in [1.82, 2.24) is 15.0 Å². The number of fused-ring (bicyclic) bond motifs is 1. The molecule has 0 saturated carbocycles. The molecule has 3 heterocycles. The van der Waals surface area contributed by atoms with Gasteiger partial charge in [0.25, 0.3) is 0 Å². The number of anilines is 1. The van der Waals surface area contributed by atoms with E-state index in [1.54, 1.807) is 31.6 Å². The van der Waals surface area contributed by atoms with Crippen LogP contribution in [0.1, 0.15) is 35.5 Å². The Balaban J connectivity index is 1.66. The van der Waals surface area contributed by atoms with Crippen molar-refractivity contribution in [3.63, 3.8) is 0 Å². The predicted octanol–water partition coefficient (Wildman–Crippen LogP) is 5.16. The first kappa shape index (κ1) is 21.2. The average Bonchev–Trinajstić information content (AvgIpc) is 3.16. The molecule has 4 aromatic rings. The Morgan fingerprint density at radius 3 is 2.75 bits per heavy atom. The second-order valence-electron chi connectivity index (χ2n) is 7.58. The first-order chi connectivity index (χ1) is 15.4. The number of aryl methyl sites for hydroxylation is 2. The fourth-order valence-electron chi connectivity index (χ4n) is 3.54. The summed E-state index contributed by atoms with van der Waals surface area (Å²) in [7, 11) is 0. The number of pyridine rings is 1. The zero-order chi connectivity index (χ0) is 22.8. The molecular weight excluding hydrogens is 407 g/mol. The predicted molar refractivity (Wildman–Crippen MR) is 124 cm³/mol. The van der Waals surface area contributed by atoms with E-state index in [4.69, 9.17) is 15.6 Å². The lowest BCUT2D eigenvalue weighted by molar-refractivity contribution is 0.559. The van der Waals surface area contributed by atoms with Crippen LogP contribution >= 0.6 is 0 Å². The molecule has 4 rings (SSSR count). The van der Waals surface area contributed by atoms with Crippen LogP contribution in [-0.4, -0.2) is 21.2 Å². The summed E-state index contributed by atoms with van der Waals surface area (Å²) in [4.78, 5) is 13.2. The molecule has 32 heavy (non-hydrogen) atoms. The zero-order valence-corrected chi connectivity index (χ0v) is 18.0. The number of halogens is 1. The molecule has 1 aromatic carbocycles. The van der Waals surface area contributed by atoms with Gasteiger partial charge in [-0.2, -0.15) is 0 Å². The molecular formula is C24H23FN6O. The van der Waals surface area contributed by atoms with Crippen LogP contribution in [0.25, 0.3) is 27.8 Å². The number of rotatable bonds is 6. The molecule has 0 saturated heterocycles. The molecule has 0 aliphatic heterocycles. The Hall–Kier alpha value is -4.07. The van der Waals surface area contributed by atoms with Gasteiger partial charge < -0.3 is 20.9 Å². The van der Waals surface area contributed by atoms with Gasteiger partial charge in [0.2, 0.25) is 0 Å². The van der Waals surface area contributed by atoms with Crippen molar-refractivity contribution in [2.75, 3.05) is 5.32 Å².